The van der Waals surface area contributed by atoms with Gasteiger partial charge in [0.15, 0.2) is 11.6 Å². The van der Waals surface area contributed by atoms with Gasteiger partial charge in [0.1, 0.15) is 11.4 Å². The summed E-state index contributed by atoms with van der Waals surface area (Å²) >= 11 is 0. The molecule has 0 atom stereocenters. The summed E-state index contributed by atoms with van der Waals surface area (Å²) in [6.45, 7) is 1.98. The number of aryl methyl sites for hydroxylation is 1. The van der Waals surface area contributed by atoms with Gasteiger partial charge in [-0.15, -0.1) is 0 Å². The Morgan fingerprint density at radius 3 is 2.85 bits per heavy atom. The van der Waals surface area contributed by atoms with E-state index < -0.39 is 0 Å². The zero-order chi connectivity index (χ0) is 14.1. The molecule has 2 heterocycles. The molecule has 2 aromatic heterocycles. The number of hydrogen-bond acceptors (Lipinski definition) is 4. The van der Waals surface area contributed by atoms with Gasteiger partial charge < -0.3 is 14.9 Å². The van der Waals surface area contributed by atoms with E-state index in [1.807, 2.05) is 37.3 Å². The van der Waals surface area contributed by atoms with Gasteiger partial charge in [-0.3, -0.25) is 5.10 Å². The molecule has 0 aliphatic carbocycles. The Morgan fingerprint density at radius 1 is 1.30 bits per heavy atom. The Hall–Kier alpha value is -2.69. The van der Waals surface area contributed by atoms with Crippen LogP contribution in [0, 0.1) is 6.92 Å². The molecule has 0 aliphatic heterocycles. The number of rotatable bonds is 3. The highest BCUT2D eigenvalue weighted by Gasteiger charge is 2.18. The standard InChI is InChI=1S/C15H15N3O2/c1-9-6-7-20-14(9)13-12(15(16)18-17-13)10-4-3-5-11(8-10)19-2/h3-8H,1-2H3,(H3,16,17,18). The van der Waals surface area contributed by atoms with Crippen molar-refractivity contribution < 1.29 is 9.15 Å². The van der Waals surface area contributed by atoms with E-state index in [2.05, 4.69) is 10.2 Å². The molecule has 0 aliphatic rings. The van der Waals surface area contributed by atoms with Gasteiger partial charge in [-0.05, 0) is 36.2 Å². The van der Waals surface area contributed by atoms with Crippen LogP contribution in [0.25, 0.3) is 22.6 Å². The van der Waals surface area contributed by atoms with Crippen LogP contribution in [-0.4, -0.2) is 17.3 Å². The Labute approximate surface area is 116 Å². The summed E-state index contributed by atoms with van der Waals surface area (Å²) in [5, 5.41) is 7.04. The van der Waals surface area contributed by atoms with Crippen LogP contribution in [0.3, 0.4) is 0 Å². The molecule has 102 valence electrons. The second kappa shape index (κ2) is 4.77. The van der Waals surface area contributed by atoms with Crippen LogP contribution >= 0.6 is 0 Å². The van der Waals surface area contributed by atoms with Crippen LogP contribution in [0.5, 0.6) is 5.75 Å². The van der Waals surface area contributed by atoms with Gasteiger partial charge in [0.05, 0.1) is 18.9 Å². The Morgan fingerprint density at radius 2 is 2.15 bits per heavy atom. The highest BCUT2D eigenvalue weighted by atomic mass is 16.5. The summed E-state index contributed by atoms with van der Waals surface area (Å²) in [6.07, 6.45) is 1.65. The molecule has 0 amide bonds. The minimum absolute atomic E-state index is 0.434. The largest absolute Gasteiger partial charge is 0.497 e. The van der Waals surface area contributed by atoms with Gasteiger partial charge in [-0.1, -0.05) is 12.1 Å². The van der Waals surface area contributed by atoms with Crippen LogP contribution in [0.2, 0.25) is 0 Å². The fourth-order valence-corrected chi connectivity index (χ4v) is 2.22. The number of anilines is 1. The molecule has 0 fully saturated rings. The monoisotopic (exact) mass is 269 g/mol. The lowest BCUT2D eigenvalue weighted by atomic mass is 10.0. The lowest BCUT2D eigenvalue weighted by Crippen LogP contribution is -1.90. The number of nitrogens with zero attached hydrogens (tertiary/aromatic N) is 1. The van der Waals surface area contributed by atoms with Crippen LogP contribution in [-0.2, 0) is 0 Å². The third-order valence-corrected chi connectivity index (χ3v) is 3.24. The molecular weight excluding hydrogens is 254 g/mol. The van der Waals surface area contributed by atoms with Crippen molar-refractivity contribution in [3.05, 3.63) is 42.2 Å². The van der Waals surface area contributed by atoms with Crippen molar-refractivity contribution in [3.63, 3.8) is 0 Å². The van der Waals surface area contributed by atoms with Crippen molar-refractivity contribution >= 4 is 5.82 Å². The number of nitrogens with two attached hydrogens (primary N) is 1. The second-order valence-electron chi connectivity index (χ2n) is 4.52. The Kier molecular flexibility index (Phi) is 2.95. The smallest absolute Gasteiger partial charge is 0.155 e. The number of nitrogens with one attached hydrogen (secondary N) is 1. The fraction of sp³-hybridized carbons (Fsp3) is 0.133. The molecule has 20 heavy (non-hydrogen) atoms. The number of ether oxygens (including phenoxy) is 1. The van der Waals surface area contributed by atoms with Crippen molar-refractivity contribution in [1.29, 1.82) is 0 Å². The van der Waals surface area contributed by atoms with Crippen molar-refractivity contribution in [2.45, 2.75) is 6.92 Å². The van der Waals surface area contributed by atoms with Crippen molar-refractivity contribution in [2.24, 2.45) is 0 Å². The molecule has 3 N–H and O–H groups in total. The number of furan rings is 1. The molecule has 1 aromatic carbocycles. The van der Waals surface area contributed by atoms with Crippen molar-refractivity contribution in [1.82, 2.24) is 10.2 Å². The van der Waals surface area contributed by atoms with Crippen molar-refractivity contribution in [2.75, 3.05) is 12.8 Å². The quantitative estimate of drug-likeness (QED) is 0.765. The molecule has 0 bridgehead atoms. The average molecular weight is 269 g/mol. The van der Waals surface area contributed by atoms with Crippen molar-refractivity contribution in [3.8, 4) is 28.3 Å². The molecule has 0 unspecified atom stereocenters. The molecule has 5 nitrogen and oxygen atoms in total. The summed E-state index contributed by atoms with van der Waals surface area (Å²) in [7, 11) is 1.63. The first-order valence-electron chi connectivity index (χ1n) is 6.23. The maximum absolute atomic E-state index is 6.00. The molecule has 5 heteroatoms. The lowest BCUT2D eigenvalue weighted by Gasteiger charge is -2.06. The molecule has 0 radical (unpaired) electrons. The summed E-state index contributed by atoms with van der Waals surface area (Å²) < 4.78 is 10.8. The summed E-state index contributed by atoms with van der Waals surface area (Å²) in [6, 6.07) is 9.59. The number of benzene rings is 1. The lowest BCUT2D eigenvalue weighted by molar-refractivity contribution is 0.415. The van der Waals surface area contributed by atoms with E-state index in [4.69, 9.17) is 14.9 Å². The van der Waals surface area contributed by atoms with E-state index in [-0.39, 0.29) is 0 Å². The molecule has 3 rings (SSSR count). The van der Waals surface area contributed by atoms with Gasteiger partial charge >= 0.3 is 0 Å². The molecular formula is C15H15N3O2. The van der Waals surface area contributed by atoms with Gasteiger partial charge in [0.25, 0.3) is 0 Å². The number of hydrogen-bond donors (Lipinski definition) is 2. The summed E-state index contributed by atoms with van der Waals surface area (Å²) in [5.41, 5.74) is 9.55. The number of H-pyrrole nitrogens is 1. The normalized spacial score (nSPS) is 10.7. The first kappa shape index (κ1) is 12.3. The van der Waals surface area contributed by atoms with E-state index in [0.717, 1.165) is 33.9 Å². The van der Waals surface area contributed by atoms with E-state index in [9.17, 15) is 0 Å². The maximum atomic E-state index is 6.00. The third kappa shape index (κ3) is 1.93. The van der Waals surface area contributed by atoms with Gasteiger partial charge in [-0.25, -0.2) is 0 Å². The molecule has 3 aromatic rings. The minimum Gasteiger partial charge on any atom is -0.497 e. The van der Waals surface area contributed by atoms with E-state index in [1.54, 1.807) is 13.4 Å². The van der Waals surface area contributed by atoms with Gasteiger partial charge in [0.2, 0.25) is 0 Å². The average Bonchev–Trinajstić information content (AvgIpc) is 3.04. The van der Waals surface area contributed by atoms with Crippen LogP contribution < -0.4 is 10.5 Å². The number of aromatic nitrogens is 2. The van der Waals surface area contributed by atoms with E-state index >= 15 is 0 Å². The SMILES string of the molecule is COc1cccc(-c2c(N)n[nH]c2-c2occc2C)c1. The predicted octanol–water partition coefficient (Wildman–Crippen LogP) is 3.24. The summed E-state index contributed by atoms with van der Waals surface area (Å²) in [5.74, 6) is 1.95. The van der Waals surface area contributed by atoms with Gasteiger partial charge in [0, 0.05) is 0 Å². The van der Waals surface area contributed by atoms with Crippen LogP contribution in [0.1, 0.15) is 5.56 Å². The molecule has 0 saturated carbocycles. The number of aromatic amines is 1. The van der Waals surface area contributed by atoms with Gasteiger partial charge in [-0.2, -0.15) is 5.10 Å². The Balaban J connectivity index is 2.19. The number of nitrogen functional groups attached to an aromatic ring is 1. The van der Waals surface area contributed by atoms with E-state index in [0.29, 0.717) is 5.82 Å². The first-order valence-corrected chi connectivity index (χ1v) is 6.23. The second-order valence-corrected chi connectivity index (χ2v) is 4.52. The summed E-state index contributed by atoms with van der Waals surface area (Å²) in [4.78, 5) is 0. The highest BCUT2D eigenvalue weighted by molar-refractivity contribution is 5.87. The van der Waals surface area contributed by atoms with Crippen LogP contribution in [0.15, 0.2) is 41.0 Å². The highest BCUT2D eigenvalue weighted by Crippen LogP contribution is 2.37. The zero-order valence-electron chi connectivity index (χ0n) is 11.3. The van der Waals surface area contributed by atoms with Crippen LogP contribution in [0.4, 0.5) is 5.82 Å². The number of methoxy groups -OCH3 is 1. The minimum atomic E-state index is 0.434. The first-order chi connectivity index (χ1) is 9.70. The predicted molar refractivity (Wildman–Crippen MR) is 77.4 cm³/mol. The topological polar surface area (TPSA) is 77.1 Å². The molecule has 0 spiro atoms. The van der Waals surface area contributed by atoms with E-state index in [1.165, 1.54) is 0 Å². The Bertz CT molecular complexity index is 743. The molecule has 0 saturated heterocycles. The zero-order valence-corrected chi connectivity index (χ0v) is 11.3. The fourth-order valence-electron chi connectivity index (χ4n) is 2.22. The third-order valence-electron chi connectivity index (χ3n) is 3.24. The maximum Gasteiger partial charge on any atom is 0.155 e.